The van der Waals surface area contributed by atoms with E-state index in [9.17, 15) is 14.4 Å². The quantitative estimate of drug-likeness (QED) is 0.0916. The highest BCUT2D eigenvalue weighted by Crippen LogP contribution is 2.12. The number of urea groups is 1. The van der Waals surface area contributed by atoms with E-state index in [2.05, 4.69) is 26.0 Å². The lowest BCUT2D eigenvalue weighted by molar-refractivity contribution is -0.128. The van der Waals surface area contributed by atoms with Crippen LogP contribution in [0.1, 0.15) is 41.6 Å². The van der Waals surface area contributed by atoms with Gasteiger partial charge in [0.05, 0.1) is 24.6 Å². The number of benzene rings is 3. The van der Waals surface area contributed by atoms with Crippen LogP contribution in [0.25, 0.3) is 5.69 Å². The Balaban J connectivity index is 1.57. The summed E-state index contributed by atoms with van der Waals surface area (Å²) in [4.78, 5) is 39.4. The van der Waals surface area contributed by atoms with Gasteiger partial charge in [-0.05, 0) is 56.0 Å². The van der Waals surface area contributed by atoms with Gasteiger partial charge < -0.3 is 22.1 Å². The van der Waals surface area contributed by atoms with Gasteiger partial charge in [-0.25, -0.2) is 14.5 Å². The maximum Gasteiger partial charge on any atom is 0.338 e. The zero-order chi connectivity index (χ0) is 32.0. The molecule has 12 nitrogen and oxygen atoms in total. The maximum atomic E-state index is 13.8. The van der Waals surface area contributed by atoms with Gasteiger partial charge in [0.25, 0.3) is 0 Å². The lowest BCUT2D eigenvalue weighted by Crippen LogP contribution is -2.55. The molecule has 0 aliphatic rings. The number of nitrogens with one attached hydrogen (secondary N) is 2. The topological polar surface area (TPSA) is 174 Å². The molecule has 6 N–H and O–H groups in total. The highest BCUT2D eigenvalue weighted by Gasteiger charge is 2.28. The van der Waals surface area contributed by atoms with Crippen molar-refractivity contribution in [2.24, 2.45) is 16.6 Å². The van der Waals surface area contributed by atoms with Gasteiger partial charge in [-0.3, -0.25) is 9.59 Å². The van der Waals surface area contributed by atoms with Gasteiger partial charge in [0.15, 0.2) is 0 Å². The smallest absolute Gasteiger partial charge is 0.338 e. The molecular weight excluding hydrogens is 570 g/mol. The Labute approximate surface area is 262 Å². The molecule has 0 saturated carbocycles. The lowest BCUT2D eigenvalue weighted by Gasteiger charge is -2.24. The molecule has 0 radical (unpaired) electrons. The van der Waals surface area contributed by atoms with Crippen LogP contribution in [-0.2, 0) is 22.6 Å². The lowest BCUT2D eigenvalue weighted by atomic mass is 10.0. The van der Waals surface area contributed by atoms with Crippen LogP contribution in [0.2, 0.25) is 0 Å². The summed E-state index contributed by atoms with van der Waals surface area (Å²) in [6, 6.07) is 23.8. The predicted octanol–water partition coefficient (Wildman–Crippen LogP) is 2.83. The zero-order valence-corrected chi connectivity index (χ0v) is 25.3. The molecule has 0 bridgehead atoms. The van der Waals surface area contributed by atoms with Gasteiger partial charge >= 0.3 is 6.03 Å². The molecule has 0 unspecified atom stereocenters. The van der Waals surface area contributed by atoms with Crippen LogP contribution in [0.15, 0.2) is 96.2 Å². The fraction of sp³-hybridized carbons (Fsp3) is 0.273. The van der Waals surface area contributed by atoms with E-state index < -0.39 is 29.9 Å². The number of aromatic nitrogens is 3. The number of hydrazone groups is 1. The Morgan fingerprint density at radius 2 is 1.62 bits per heavy atom. The SMILES string of the molecule is Cc1ccc(-n2cc(CN(/N=C/c3ccccc3)C(=O)N[C@H](Cc3ccccc3)C(=O)N[C@@H](CCCCN)C(N)=O)nn2)cc1. The minimum absolute atomic E-state index is 0.0241. The molecule has 4 aromatic rings. The van der Waals surface area contributed by atoms with Crippen molar-refractivity contribution in [1.29, 1.82) is 0 Å². The summed E-state index contributed by atoms with van der Waals surface area (Å²) < 4.78 is 1.62. The number of unbranched alkanes of at least 4 members (excludes halogenated alkanes) is 1. The van der Waals surface area contributed by atoms with E-state index in [0.717, 1.165) is 22.4 Å². The molecule has 0 spiro atoms. The fourth-order valence-electron chi connectivity index (χ4n) is 4.52. The van der Waals surface area contributed by atoms with E-state index in [1.54, 1.807) is 17.1 Å². The monoisotopic (exact) mass is 609 g/mol. The van der Waals surface area contributed by atoms with Gasteiger partial charge in [0.2, 0.25) is 11.8 Å². The molecule has 0 fully saturated rings. The van der Waals surface area contributed by atoms with Crippen molar-refractivity contribution in [2.45, 2.75) is 51.2 Å². The number of amides is 4. The van der Waals surface area contributed by atoms with Crippen LogP contribution in [0.3, 0.4) is 0 Å². The predicted molar refractivity (Wildman–Crippen MR) is 172 cm³/mol. The van der Waals surface area contributed by atoms with Crippen LogP contribution < -0.4 is 22.1 Å². The highest BCUT2D eigenvalue weighted by atomic mass is 16.2. The number of primary amides is 1. The number of carbonyl (C=O) groups is 3. The van der Waals surface area contributed by atoms with Gasteiger partial charge in [-0.15, -0.1) is 5.10 Å². The summed E-state index contributed by atoms with van der Waals surface area (Å²) in [7, 11) is 0. The largest absolute Gasteiger partial charge is 0.368 e. The van der Waals surface area contributed by atoms with Crippen molar-refractivity contribution in [3.8, 4) is 5.69 Å². The molecule has 12 heteroatoms. The Kier molecular flexibility index (Phi) is 11.9. The molecule has 234 valence electrons. The molecule has 0 aliphatic carbocycles. The van der Waals surface area contributed by atoms with E-state index >= 15 is 0 Å². The van der Waals surface area contributed by atoms with Crippen LogP contribution in [-0.4, -0.2) is 62.7 Å². The van der Waals surface area contributed by atoms with Crippen LogP contribution in [0.4, 0.5) is 4.79 Å². The van der Waals surface area contributed by atoms with Crippen molar-refractivity contribution < 1.29 is 14.4 Å². The number of nitrogens with zero attached hydrogens (tertiary/aromatic N) is 5. The third-order valence-corrected chi connectivity index (χ3v) is 7.04. The third-order valence-electron chi connectivity index (χ3n) is 7.04. The van der Waals surface area contributed by atoms with Crippen molar-refractivity contribution in [3.05, 3.63) is 114 Å². The number of carbonyl (C=O) groups excluding carboxylic acids is 3. The van der Waals surface area contributed by atoms with E-state index in [-0.39, 0.29) is 13.0 Å². The van der Waals surface area contributed by atoms with Crippen molar-refractivity contribution in [2.75, 3.05) is 6.54 Å². The van der Waals surface area contributed by atoms with Crippen molar-refractivity contribution in [1.82, 2.24) is 30.6 Å². The molecule has 45 heavy (non-hydrogen) atoms. The maximum absolute atomic E-state index is 13.8. The van der Waals surface area contributed by atoms with Crippen LogP contribution in [0, 0.1) is 6.92 Å². The van der Waals surface area contributed by atoms with Crippen molar-refractivity contribution >= 4 is 24.1 Å². The van der Waals surface area contributed by atoms with Crippen LogP contribution in [0.5, 0.6) is 0 Å². The Bertz CT molecular complexity index is 1560. The zero-order valence-electron chi connectivity index (χ0n) is 25.3. The molecule has 2 atom stereocenters. The third kappa shape index (κ3) is 10.1. The average Bonchev–Trinajstić information content (AvgIpc) is 3.52. The van der Waals surface area contributed by atoms with E-state index in [1.807, 2.05) is 91.9 Å². The van der Waals surface area contributed by atoms with Gasteiger partial charge in [-0.2, -0.15) is 5.10 Å². The number of aryl methyl sites for hydroxylation is 1. The average molecular weight is 610 g/mol. The summed E-state index contributed by atoms with van der Waals surface area (Å²) >= 11 is 0. The first-order chi connectivity index (χ1) is 21.8. The normalized spacial score (nSPS) is 12.4. The van der Waals surface area contributed by atoms with Gasteiger partial charge in [0.1, 0.15) is 17.8 Å². The Hall–Kier alpha value is -5.36. The minimum atomic E-state index is -1.03. The van der Waals surface area contributed by atoms with Gasteiger partial charge in [-0.1, -0.05) is 83.6 Å². The minimum Gasteiger partial charge on any atom is -0.368 e. The molecule has 1 aromatic heterocycles. The van der Waals surface area contributed by atoms with E-state index in [4.69, 9.17) is 11.5 Å². The summed E-state index contributed by atoms with van der Waals surface area (Å²) in [6.45, 7) is 2.44. The van der Waals surface area contributed by atoms with E-state index in [0.29, 0.717) is 31.5 Å². The first-order valence-electron chi connectivity index (χ1n) is 14.8. The summed E-state index contributed by atoms with van der Waals surface area (Å²) in [5, 5.41) is 19.6. The number of nitrogens with two attached hydrogens (primary N) is 2. The van der Waals surface area contributed by atoms with E-state index in [1.165, 1.54) is 5.01 Å². The molecule has 1 heterocycles. The summed E-state index contributed by atoms with van der Waals surface area (Å²) in [5.74, 6) is -1.20. The second kappa shape index (κ2) is 16.5. The number of rotatable bonds is 15. The summed E-state index contributed by atoms with van der Waals surface area (Å²) in [6.07, 6.45) is 5.09. The molecule has 3 aromatic carbocycles. The van der Waals surface area contributed by atoms with Crippen LogP contribution >= 0.6 is 0 Å². The molecule has 0 saturated heterocycles. The molecule has 0 aliphatic heterocycles. The summed E-state index contributed by atoms with van der Waals surface area (Å²) in [5.41, 5.74) is 15.2. The molecule has 4 rings (SSSR count). The van der Waals surface area contributed by atoms with Gasteiger partial charge in [0, 0.05) is 6.42 Å². The molecular formula is C33H39N9O3. The second-order valence-electron chi connectivity index (χ2n) is 10.6. The first-order valence-corrected chi connectivity index (χ1v) is 14.8. The van der Waals surface area contributed by atoms with Crippen molar-refractivity contribution in [3.63, 3.8) is 0 Å². The standard InChI is InChI=1S/C33H39N9O3/c1-24-15-17-28(18-16-24)41-22-27(39-40-41)23-42(36-21-26-12-6-3-7-13-26)33(45)38-30(20-25-10-4-2-5-11-25)32(44)37-29(31(35)43)14-8-9-19-34/h2-7,10-13,15-18,21-22,29-30H,8-9,14,19-20,23,34H2,1H3,(H2,35,43)(H,37,44)(H,38,45)/b36-21+/t29-,30+/m0/s1. The fourth-order valence-corrected chi connectivity index (χ4v) is 4.52. The Morgan fingerprint density at radius 3 is 2.29 bits per heavy atom. The Morgan fingerprint density at radius 1 is 0.933 bits per heavy atom. The molecule has 4 amide bonds. The number of hydrogen-bond acceptors (Lipinski definition) is 7. The first kappa shape index (κ1) is 32.6. The number of hydrogen-bond donors (Lipinski definition) is 4. The second-order valence-corrected chi connectivity index (χ2v) is 10.6. The highest BCUT2D eigenvalue weighted by molar-refractivity contribution is 5.91.